The maximum Gasteiger partial charge on any atom is 0.228 e. The van der Waals surface area contributed by atoms with E-state index in [9.17, 15) is 4.79 Å². The summed E-state index contributed by atoms with van der Waals surface area (Å²) in [7, 11) is 1.90. The van der Waals surface area contributed by atoms with Crippen LogP contribution in [0.25, 0.3) is 0 Å². The number of rotatable bonds is 4. The van der Waals surface area contributed by atoms with Crippen LogP contribution in [0.4, 0.5) is 0 Å². The molecule has 23 heavy (non-hydrogen) atoms. The molecule has 3 rings (SSSR count). The number of benzene rings is 1. The summed E-state index contributed by atoms with van der Waals surface area (Å²) < 4.78 is 1.80. The number of hydrogen-bond donors (Lipinski definition) is 0. The van der Waals surface area contributed by atoms with E-state index in [0.29, 0.717) is 6.42 Å². The van der Waals surface area contributed by atoms with Gasteiger partial charge in [0.25, 0.3) is 0 Å². The number of aromatic nitrogens is 2. The fraction of sp³-hybridized carbons (Fsp3) is 0.444. The minimum absolute atomic E-state index is 0.201. The number of piperazine rings is 1. The van der Waals surface area contributed by atoms with Crippen molar-refractivity contribution in [2.75, 3.05) is 26.2 Å². The van der Waals surface area contributed by atoms with E-state index in [1.165, 1.54) is 5.56 Å². The van der Waals surface area contributed by atoms with E-state index in [-0.39, 0.29) is 5.91 Å². The molecule has 5 heteroatoms. The lowest BCUT2D eigenvalue weighted by Crippen LogP contribution is -2.48. The van der Waals surface area contributed by atoms with Gasteiger partial charge in [-0.15, -0.1) is 0 Å². The largest absolute Gasteiger partial charge is 0.340 e. The highest BCUT2D eigenvalue weighted by Crippen LogP contribution is 2.11. The number of amides is 1. The van der Waals surface area contributed by atoms with Gasteiger partial charge in [0.15, 0.2) is 0 Å². The smallest absolute Gasteiger partial charge is 0.228 e. The monoisotopic (exact) mass is 312 g/mol. The third kappa shape index (κ3) is 3.99. The molecule has 1 aliphatic rings. The highest BCUT2D eigenvalue weighted by atomic mass is 16.2. The van der Waals surface area contributed by atoms with Crippen LogP contribution in [0.5, 0.6) is 0 Å². The van der Waals surface area contributed by atoms with Crippen molar-refractivity contribution in [3.63, 3.8) is 0 Å². The molecule has 2 aromatic rings. The number of carbonyl (C=O) groups excluding carboxylic acids is 1. The van der Waals surface area contributed by atoms with Crippen molar-refractivity contribution in [2.45, 2.75) is 19.9 Å². The molecule has 122 valence electrons. The lowest BCUT2D eigenvalue weighted by Gasteiger charge is -2.34. The van der Waals surface area contributed by atoms with Gasteiger partial charge < -0.3 is 4.90 Å². The van der Waals surface area contributed by atoms with Crippen LogP contribution in [0.1, 0.15) is 17.0 Å². The highest BCUT2D eigenvalue weighted by molar-refractivity contribution is 5.78. The molecule has 2 heterocycles. The summed E-state index contributed by atoms with van der Waals surface area (Å²) in [6.07, 6.45) is 0.441. The maximum absolute atomic E-state index is 12.5. The van der Waals surface area contributed by atoms with Gasteiger partial charge in [-0.25, -0.2) is 0 Å². The second-order valence-electron chi connectivity index (χ2n) is 6.22. The summed E-state index contributed by atoms with van der Waals surface area (Å²) in [6.45, 7) is 6.40. The highest BCUT2D eigenvalue weighted by Gasteiger charge is 2.22. The summed E-state index contributed by atoms with van der Waals surface area (Å²) >= 11 is 0. The molecule has 0 unspecified atom stereocenters. The third-order valence-corrected chi connectivity index (χ3v) is 4.41. The summed E-state index contributed by atoms with van der Waals surface area (Å²) in [5.41, 5.74) is 3.28. The Balaban J connectivity index is 1.50. The Hall–Kier alpha value is -2.14. The van der Waals surface area contributed by atoms with E-state index in [4.69, 9.17) is 0 Å². The van der Waals surface area contributed by atoms with Crippen LogP contribution >= 0.6 is 0 Å². The Labute approximate surface area is 137 Å². The molecule has 0 bridgehead atoms. The SMILES string of the molecule is Cc1cc(CC(=O)N2CCN(Cc3ccccc3)CC2)n(C)n1. The van der Waals surface area contributed by atoms with Crippen LogP contribution in [0.3, 0.4) is 0 Å². The first-order valence-corrected chi connectivity index (χ1v) is 8.15. The topological polar surface area (TPSA) is 41.4 Å². The Bertz CT molecular complexity index is 657. The van der Waals surface area contributed by atoms with Crippen LogP contribution in [0.15, 0.2) is 36.4 Å². The lowest BCUT2D eigenvalue weighted by atomic mass is 10.2. The summed E-state index contributed by atoms with van der Waals surface area (Å²) in [5, 5.41) is 4.31. The van der Waals surface area contributed by atoms with E-state index in [1.807, 2.05) is 31.0 Å². The average molecular weight is 312 g/mol. The van der Waals surface area contributed by atoms with Crippen molar-refractivity contribution in [2.24, 2.45) is 7.05 Å². The number of aryl methyl sites for hydroxylation is 2. The van der Waals surface area contributed by atoms with Gasteiger partial charge >= 0.3 is 0 Å². The number of nitrogens with zero attached hydrogens (tertiary/aromatic N) is 4. The molecule has 1 aromatic carbocycles. The molecule has 1 aromatic heterocycles. The molecule has 0 N–H and O–H groups in total. The zero-order valence-electron chi connectivity index (χ0n) is 13.9. The van der Waals surface area contributed by atoms with Crippen molar-refractivity contribution in [1.82, 2.24) is 19.6 Å². The molecule has 1 aliphatic heterocycles. The molecule has 0 spiro atoms. The summed E-state index contributed by atoms with van der Waals surface area (Å²) in [4.78, 5) is 16.8. The molecule has 0 radical (unpaired) electrons. The lowest BCUT2D eigenvalue weighted by molar-refractivity contribution is -0.132. The normalized spacial score (nSPS) is 15.8. The molecule has 0 aliphatic carbocycles. The van der Waals surface area contributed by atoms with Gasteiger partial charge in [0.2, 0.25) is 5.91 Å². The van der Waals surface area contributed by atoms with Crippen molar-refractivity contribution in [1.29, 1.82) is 0 Å². The zero-order chi connectivity index (χ0) is 16.2. The Kier molecular flexibility index (Phi) is 4.76. The first-order chi connectivity index (χ1) is 11.1. The molecule has 1 fully saturated rings. The van der Waals surface area contributed by atoms with E-state index in [0.717, 1.165) is 44.1 Å². The minimum Gasteiger partial charge on any atom is -0.340 e. The van der Waals surface area contributed by atoms with E-state index >= 15 is 0 Å². The third-order valence-electron chi connectivity index (χ3n) is 4.41. The van der Waals surface area contributed by atoms with Crippen LogP contribution in [-0.4, -0.2) is 51.7 Å². The molecule has 1 saturated heterocycles. The van der Waals surface area contributed by atoms with Crippen molar-refractivity contribution in [3.8, 4) is 0 Å². The van der Waals surface area contributed by atoms with Gasteiger partial charge in [0, 0.05) is 45.5 Å². The molecular formula is C18H24N4O. The standard InChI is InChI=1S/C18H24N4O/c1-15-12-17(20(2)19-15)13-18(23)22-10-8-21(9-11-22)14-16-6-4-3-5-7-16/h3-7,12H,8-11,13-14H2,1-2H3. The number of carbonyl (C=O) groups is 1. The molecular weight excluding hydrogens is 288 g/mol. The van der Waals surface area contributed by atoms with E-state index in [2.05, 4.69) is 34.3 Å². The maximum atomic E-state index is 12.5. The summed E-state index contributed by atoms with van der Waals surface area (Å²) in [6, 6.07) is 12.5. The van der Waals surface area contributed by atoms with Gasteiger partial charge in [-0.1, -0.05) is 30.3 Å². The van der Waals surface area contributed by atoms with Gasteiger partial charge in [0.05, 0.1) is 12.1 Å². The fourth-order valence-electron chi connectivity index (χ4n) is 3.09. The van der Waals surface area contributed by atoms with Crippen LogP contribution in [0, 0.1) is 6.92 Å². The van der Waals surface area contributed by atoms with Crippen LogP contribution in [0.2, 0.25) is 0 Å². The van der Waals surface area contributed by atoms with Crippen molar-refractivity contribution < 1.29 is 4.79 Å². The first-order valence-electron chi connectivity index (χ1n) is 8.15. The van der Waals surface area contributed by atoms with Gasteiger partial charge in [0.1, 0.15) is 0 Å². The van der Waals surface area contributed by atoms with Crippen LogP contribution in [-0.2, 0) is 24.8 Å². The van der Waals surface area contributed by atoms with Gasteiger partial charge in [-0.2, -0.15) is 5.10 Å². The molecule has 0 saturated carbocycles. The number of hydrogen-bond acceptors (Lipinski definition) is 3. The van der Waals surface area contributed by atoms with E-state index in [1.54, 1.807) is 4.68 Å². The fourth-order valence-corrected chi connectivity index (χ4v) is 3.09. The first kappa shape index (κ1) is 15.7. The van der Waals surface area contributed by atoms with Gasteiger partial charge in [-0.05, 0) is 18.6 Å². The predicted molar refractivity (Wildman–Crippen MR) is 89.9 cm³/mol. The minimum atomic E-state index is 0.201. The molecule has 5 nitrogen and oxygen atoms in total. The second-order valence-corrected chi connectivity index (χ2v) is 6.22. The average Bonchev–Trinajstić information content (AvgIpc) is 2.86. The van der Waals surface area contributed by atoms with E-state index < -0.39 is 0 Å². The Morgan fingerprint density at radius 2 is 1.83 bits per heavy atom. The summed E-state index contributed by atoms with van der Waals surface area (Å²) in [5.74, 6) is 0.201. The second kappa shape index (κ2) is 6.96. The predicted octanol–water partition coefficient (Wildman–Crippen LogP) is 1.62. The molecule has 1 amide bonds. The van der Waals surface area contributed by atoms with Crippen molar-refractivity contribution >= 4 is 5.91 Å². The van der Waals surface area contributed by atoms with Crippen LogP contribution < -0.4 is 0 Å². The van der Waals surface area contributed by atoms with Crippen molar-refractivity contribution in [3.05, 3.63) is 53.3 Å². The molecule has 0 atom stereocenters. The quantitative estimate of drug-likeness (QED) is 0.861. The Morgan fingerprint density at radius 3 is 2.43 bits per heavy atom. The van der Waals surface area contributed by atoms with Gasteiger partial charge in [-0.3, -0.25) is 14.4 Å². The Morgan fingerprint density at radius 1 is 1.13 bits per heavy atom. The zero-order valence-corrected chi connectivity index (χ0v) is 13.9.